The molecule has 0 saturated heterocycles. The number of nitrogens with one attached hydrogen (secondary N) is 1. The maximum absolute atomic E-state index is 12.3. The van der Waals surface area contributed by atoms with E-state index in [1.807, 2.05) is 12.1 Å². The van der Waals surface area contributed by atoms with Crippen molar-refractivity contribution in [2.24, 2.45) is 23.7 Å². The molecule has 0 spiro atoms. The Balaban J connectivity index is 1.31. The molecule has 1 aromatic rings. The van der Waals surface area contributed by atoms with Crippen LogP contribution < -0.4 is 5.32 Å². The van der Waals surface area contributed by atoms with Gasteiger partial charge in [-0.1, -0.05) is 15.9 Å². The lowest BCUT2D eigenvalue weighted by Gasteiger charge is -2.54. The molecule has 1 aromatic carbocycles. The van der Waals surface area contributed by atoms with Crippen molar-refractivity contribution in [3.63, 3.8) is 0 Å². The molecule has 1 N–H and O–H groups in total. The van der Waals surface area contributed by atoms with Crippen LogP contribution in [0, 0.1) is 23.7 Å². The van der Waals surface area contributed by atoms with E-state index >= 15 is 0 Å². The number of hydrogen-bond donors (Lipinski definition) is 1. The van der Waals surface area contributed by atoms with Crippen molar-refractivity contribution in [3.05, 3.63) is 28.7 Å². The molecular formula is C18H22BrNOS. The highest BCUT2D eigenvalue weighted by Gasteiger charge is 2.48. The van der Waals surface area contributed by atoms with Gasteiger partial charge in [0.05, 0.1) is 5.75 Å². The van der Waals surface area contributed by atoms with Gasteiger partial charge in [-0.05, 0) is 80.0 Å². The normalized spacial score (nSPS) is 35.6. The van der Waals surface area contributed by atoms with Gasteiger partial charge >= 0.3 is 0 Å². The lowest BCUT2D eigenvalue weighted by Crippen LogP contribution is -2.56. The van der Waals surface area contributed by atoms with Gasteiger partial charge in [0.25, 0.3) is 0 Å². The van der Waals surface area contributed by atoms with Gasteiger partial charge in [-0.15, -0.1) is 11.8 Å². The molecule has 0 aromatic heterocycles. The van der Waals surface area contributed by atoms with Crippen molar-refractivity contribution in [2.45, 2.75) is 43.0 Å². The summed E-state index contributed by atoms with van der Waals surface area (Å²) < 4.78 is 1.08. The van der Waals surface area contributed by atoms with Crippen LogP contribution in [0.3, 0.4) is 0 Å². The zero-order valence-electron chi connectivity index (χ0n) is 12.6. The van der Waals surface area contributed by atoms with Crippen LogP contribution in [0.4, 0.5) is 0 Å². The zero-order valence-corrected chi connectivity index (χ0v) is 15.0. The summed E-state index contributed by atoms with van der Waals surface area (Å²) >= 11 is 5.07. The number of hydrogen-bond acceptors (Lipinski definition) is 2. The summed E-state index contributed by atoms with van der Waals surface area (Å²) in [5.41, 5.74) is 0. The van der Waals surface area contributed by atoms with Crippen LogP contribution in [0.1, 0.15) is 32.1 Å². The van der Waals surface area contributed by atoms with Crippen LogP contribution >= 0.6 is 27.7 Å². The fraction of sp³-hybridized carbons (Fsp3) is 0.611. The third-order valence-electron chi connectivity index (χ3n) is 5.74. The average molecular weight is 380 g/mol. The van der Waals surface area contributed by atoms with Gasteiger partial charge in [0.2, 0.25) is 5.91 Å². The van der Waals surface area contributed by atoms with Gasteiger partial charge in [-0.25, -0.2) is 0 Å². The molecule has 0 radical (unpaired) electrons. The van der Waals surface area contributed by atoms with Crippen molar-refractivity contribution in [1.29, 1.82) is 0 Å². The van der Waals surface area contributed by atoms with Gasteiger partial charge in [0.1, 0.15) is 0 Å². The second kappa shape index (κ2) is 6.20. The van der Waals surface area contributed by atoms with E-state index in [0.29, 0.717) is 11.8 Å². The Morgan fingerprint density at radius 3 is 2.23 bits per heavy atom. The standard InChI is InChI=1S/C18H22BrNOS/c19-15-1-3-16(4-2-15)22-10-17(21)20-18-13-6-11-5-12(8-13)9-14(18)7-11/h1-4,11-14,18H,5-10H2,(H,20,21). The van der Waals surface area contributed by atoms with Gasteiger partial charge in [-0.3, -0.25) is 4.79 Å². The Labute approximate surface area is 144 Å². The molecule has 118 valence electrons. The van der Waals surface area contributed by atoms with Gasteiger partial charge < -0.3 is 5.32 Å². The minimum Gasteiger partial charge on any atom is -0.352 e. The first-order chi connectivity index (χ1) is 10.7. The van der Waals surface area contributed by atoms with E-state index in [4.69, 9.17) is 0 Å². The maximum Gasteiger partial charge on any atom is 0.230 e. The second-order valence-electron chi connectivity index (χ2n) is 7.27. The van der Waals surface area contributed by atoms with E-state index in [1.54, 1.807) is 11.8 Å². The van der Waals surface area contributed by atoms with E-state index < -0.39 is 0 Å². The van der Waals surface area contributed by atoms with Gasteiger partial charge in [-0.2, -0.15) is 0 Å². The lowest BCUT2D eigenvalue weighted by atomic mass is 9.54. The molecule has 5 rings (SSSR count). The van der Waals surface area contributed by atoms with E-state index in [0.717, 1.165) is 33.0 Å². The molecule has 2 nitrogen and oxygen atoms in total. The summed E-state index contributed by atoms with van der Waals surface area (Å²) in [6.07, 6.45) is 6.90. The van der Waals surface area contributed by atoms with Crippen molar-refractivity contribution < 1.29 is 4.79 Å². The first-order valence-electron chi connectivity index (χ1n) is 8.35. The van der Waals surface area contributed by atoms with Crippen LogP contribution in [0.2, 0.25) is 0 Å². The largest absolute Gasteiger partial charge is 0.352 e. The minimum absolute atomic E-state index is 0.213. The van der Waals surface area contributed by atoms with Gasteiger partial charge in [0, 0.05) is 15.4 Å². The van der Waals surface area contributed by atoms with Crippen LogP contribution in [0.25, 0.3) is 0 Å². The van der Waals surface area contributed by atoms with Crippen LogP contribution in [0.15, 0.2) is 33.6 Å². The summed E-state index contributed by atoms with van der Waals surface area (Å²) in [5.74, 6) is 4.20. The summed E-state index contributed by atoms with van der Waals surface area (Å²) in [6, 6.07) is 8.64. The number of thioether (sulfide) groups is 1. The molecule has 0 unspecified atom stereocenters. The summed E-state index contributed by atoms with van der Waals surface area (Å²) in [4.78, 5) is 13.5. The predicted octanol–water partition coefficient (Wildman–Crippen LogP) is 4.48. The highest BCUT2D eigenvalue weighted by atomic mass is 79.9. The number of halogens is 1. The first-order valence-corrected chi connectivity index (χ1v) is 10.1. The molecule has 22 heavy (non-hydrogen) atoms. The third kappa shape index (κ3) is 3.09. The first kappa shape index (κ1) is 15.1. The Kier molecular flexibility index (Phi) is 4.25. The molecule has 4 heteroatoms. The molecule has 4 aliphatic carbocycles. The second-order valence-corrected chi connectivity index (χ2v) is 9.23. The number of amides is 1. The monoisotopic (exact) mass is 379 g/mol. The quantitative estimate of drug-likeness (QED) is 0.781. The van der Waals surface area contributed by atoms with Crippen molar-refractivity contribution in [2.75, 3.05) is 5.75 Å². The molecule has 0 atom stereocenters. The predicted molar refractivity (Wildman–Crippen MR) is 93.8 cm³/mol. The highest BCUT2D eigenvalue weighted by Crippen LogP contribution is 2.53. The number of carbonyl (C=O) groups is 1. The topological polar surface area (TPSA) is 29.1 Å². The molecule has 4 saturated carbocycles. The van der Waals surface area contributed by atoms with Crippen molar-refractivity contribution in [1.82, 2.24) is 5.32 Å². The fourth-order valence-electron chi connectivity index (χ4n) is 5.07. The summed E-state index contributed by atoms with van der Waals surface area (Å²) in [5, 5.41) is 3.37. The van der Waals surface area contributed by atoms with Gasteiger partial charge in [0.15, 0.2) is 0 Å². The van der Waals surface area contributed by atoms with E-state index in [1.165, 1.54) is 32.1 Å². The van der Waals surface area contributed by atoms with Crippen molar-refractivity contribution in [3.8, 4) is 0 Å². The minimum atomic E-state index is 0.213. The number of rotatable bonds is 4. The highest BCUT2D eigenvalue weighted by molar-refractivity contribution is 9.10. The molecule has 0 heterocycles. The fourth-order valence-corrected chi connectivity index (χ4v) is 6.04. The molecule has 0 aliphatic heterocycles. The molecule has 4 fully saturated rings. The number of carbonyl (C=O) groups excluding carboxylic acids is 1. The van der Waals surface area contributed by atoms with Crippen LogP contribution in [0.5, 0.6) is 0 Å². The van der Waals surface area contributed by atoms with Crippen LogP contribution in [-0.4, -0.2) is 17.7 Å². The van der Waals surface area contributed by atoms with E-state index in [9.17, 15) is 4.79 Å². The average Bonchev–Trinajstić information content (AvgIpc) is 2.50. The van der Waals surface area contributed by atoms with E-state index in [-0.39, 0.29) is 5.91 Å². The molecular weight excluding hydrogens is 358 g/mol. The zero-order chi connectivity index (χ0) is 15.1. The molecule has 1 amide bonds. The van der Waals surface area contributed by atoms with Crippen molar-refractivity contribution >= 4 is 33.6 Å². The smallest absolute Gasteiger partial charge is 0.230 e. The molecule has 4 aliphatic rings. The Bertz CT molecular complexity index is 531. The third-order valence-corrected chi connectivity index (χ3v) is 7.28. The SMILES string of the molecule is O=C(CSc1ccc(Br)cc1)NC1C2CC3CC(C2)CC1C3. The van der Waals surface area contributed by atoms with E-state index in [2.05, 4.69) is 33.4 Å². The summed E-state index contributed by atoms with van der Waals surface area (Å²) in [6.45, 7) is 0. The Morgan fingerprint density at radius 1 is 1.05 bits per heavy atom. The Hall–Kier alpha value is -0.480. The lowest BCUT2D eigenvalue weighted by molar-refractivity contribution is -0.122. The van der Waals surface area contributed by atoms with Crippen LogP contribution in [-0.2, 0) is 4.79 Å². The molecule has 4 bridgehead atoms. The summed E-state index contributed by atoms with van der Waals surface area (Å²) in [7, 11) is 0. The maximum atomic E-state index is 12.3. The number of benzene rings is 1. The Morgan fingerprint density at radius 2 is 1.64 bits per heavy atom.